The second kappa shape index (κ2) is 4.23. The minimum atomic E-state index is 0.288. The molecule has 3 nitrogen and oxygen atoms in total. The fraction of sp³-hybridized carbons (Fsp3) is 0.667. The first-order chi connectivity index (χ1) is 8.58. The van der Waals surface area contributed by atoms with Crippen molar-refractivity contribution in [2.24, 2.45) is 5.92 Å². The van der Waals surface area contributed by atoms with Gasteiger partial charge in [0.05, 0.1) is 11.9 Å². The molecular weight excluding hydrogens is 222 g/mol. The Bertz CT molecular complexity index is 441. The van der Waals surface area contributed by atoms with Gasteiger partial charge in [-0.1, -0.05) is 0 Å². The van der Waals surface area contributed by atoms with Crippen molar-refractivity contribution in [2.75, 3.05) is 18.0 Å². The molecule has 1 aromatic heterocycles. The molecule has 0 amide bonds. The molecule has 98 valence electrons. The number of rotatable bonds is 2. The third-order valence-electron chi connectivity index (χ3n) is 4.50. The van der Waals surface area contributed by atoms with Gasteiger partial charge in [-0.3, -0.25) is 4.98 Å². The Morgan fingerprint density at radius 3 is 2.83 bits per heavy atom. The van der Waals surface area contributed by atoms with Crippen LogP contribution in [-0.4, -0.2) is 29.7 Å². The molecule has 0 aromatic carbocycles. The number of aryl methyl sites for hydroxylation is 1. The molecule has 1 aliphatic heterocycles. The Morgan fingerprint density at radius 1 is 1.39 bits per heavy atom. The van der Waals surface area contributed by atoms with Crippen molar-refractivity contribution in [1.29, 1.82) is 0 Å². The number of nitrogens with one attached hydrogen (secondary N) is 1. The number of nitrogens with zero attached hydrogens (tertiary/aromatic N) is 2. The second-order valence-corrected chi connectivity index (χ2v) is 6.27. The van der Waals surface area contributed by atoms with Gasteiger partial charge in [0.2, 0.25) is 0 Å². The largest absolute Gasteiger partial charge is 0.364 e. The van der Waals surface area contributed by atoms with Crippen LogP contribution in [-0.2, 0) is 0 Å². The first kappa shape index (κ1) is 12.0. The van der Waals surface area contributed by atoms with Crippen LogP contribution >= 0.6 is 0 Å². The van der Waals surface area contributed by atoms with E-state index in [1.54, 1.807) is 0 Å². The van der Waals surface area contributed by atoms with Crippen LogP contribution < -0.4 is 10.2 Å². The van der Waals surface area contributed by atoms with Crippen molar-refractivity contribution in [3.05, 3.63) is 24.0 Å². The van der Waals surface area contributed by atoms with E-state index in [1.807, 2.05) is 12.4 Å². The first-order valence-electron chi connectivity index (χ1n) is 7.02. The normalized spacial score (nSPS) is 32.6. The van der Waals surface area contributed by atoms with E-state index < -0.39 is 0 Å². The van der Waals surface area contributed by atoms with E-state index in [2.05, 4.69) is 42.0 Å². The molecule has 2 heterocycles. The number of piperazine rings is 1. The van der Waals surface area contributed by atoms with E-state index >= 15 is 0 Å². The minimum Gasteiger partial charge on any atom is -0.364 e. The summed E-state index contributed by atoms with van der Waals surface area (Å²) in [6, 6.07) is 2.79. The van der Waals surface area contributed by atoms with Gasteiger partial charge in [0.25, 0.3) is 0 Å². The van der Waals surface area contributed by atoms with Gasteiger partial charge >= 0.3 is 0 Å². The summed E-state index contributed by atoms with van der Waals surface area (Å²) in [5, 5.41) is 3.76. The molecule has 0 bridgehead atoms. The van der Waals surface area contributed by atoms with E-state index in [4.69, 9.17) is 0 Å². The van der Waals surface area contributed by atoms with Crippen molar-refractivity contribution in [3.8, 4) is 0 Å². The molecule has 3 rings (SSSR count). The van der Waals surface area contributed by atoms with Crippen molar-refractivity contribution in [2.45, 2.75) is 45.2 Å². The maximum atomic E-state index is 4.34. The quantitative estimate of drug-likeness (QED) is 0.867. The minimum absolute atomic E-state index is 0.288. The lowest BCUT2D eigenvalue weighted by Gasteiger charge is -2.46. The standard InChI is InChI=1S/C15H23N3/c1-11-6-14(9-16-7-11)18-10-15(3,13-4-5-13)17-8-12(18)2/h6-7,9,12-13,17H,4-5,8,10H2,1-3H3. The van der Waals surface area contributed by atoms with Crippen LogP contribution in [0.15, 0.2) is 18.5 Å². The van der Waals surface area contributed by atoms with Gasteiger partial charge in [0.1, 0.15) is 0 Å². The lowest BCUT2D eigenvalue weighted by molar-refractivity contribution is 0.260. The fourth-order valence-corrected chi connectivity index (χ4v) is 3.09. The topological polar surface area (TPSA) is 28.2 Å². The predicted octanol–water partition coefficient (Wildman–Crippen LogP) is 2.36. The Balaban J connectivity index is 1.85. The van der Waals surface area contributed by atoms with Crippen LogP contribution in [0.5, 0.6) is 0 Å². The monoisotopic (exact) mass is 245 g/mol. The SMILES string of the molecule is Cc1cncc(N2CC(C)(C3CC3)NCC2C)c1. The average Bonchev–Trinajstić information content (AvgIpc) is 3.17. The molecule has 0 radical (unpaired) electrons. The zero-order chi connectivity index (χ0) is 12.8. The van der Waals surface area contributed by atoms with Gasteiger partial charge in [-0.15, -0.1) is 0 Å². The molecule has 1 N–H and O–H groups in total. The highest BCUT2D eigenvalue weighted by molar-refractivity contribution is 5.48. The molecule has 1 aliphatic carbocycles. The van der Waals surface area contributed by atoms with Crippen LogP contribution in [0, 0.1) is 12.8 Å². The van der Waals surface area contributed by atoms with Crippen molar-refractivity contribution < 1.29 is 0 Å². The van der Waals surface area contributed by atoms with E-state index in [1.165, 1.54) is 24.1 Å². The second-order valence-electron chi connectivity index (χ2n) is 6.27. The van der Waals surface area contributed by atoms with Crippen molar-refractivity contribution in [3.63, 3.8) is 0 Å². The van der Waals surface area contributed by atoms with Crippen LogP contribution in [0.25, 0.3) is 0 Å². The Labute approximate surface area is 110 Å². The van der Waals surface area contributed by atoms with Gasteiger partial charge in [-0.25, -0.2) is 0 Å². The van der Waals surface area contributed by atoms with E-state index in [-0.39, 0.29) is 5.54 Å². The highest BCUT2D eigenvalue weighted by Gasteiger charge is 2.45. The fourth-order valence-electron chi connectivity index (χ4n) is 3.09. The molecule has 1 aromatic rings. The van der Waals surface area contributed by atoms with E-state index in [9.17, 15) is 0 Å². The number of hydrogen-bond donors (Lipinski definition) is 1. The van der Waals surface area contributed by atoms with Crippen LogP contribution in [0.3, 0.4) is 0 Å². The van der Waals surface area contributed by atoms with E-state index in [0.29, 0.717) is 6.04 Å². The molecule has 3 heteroatoms. The maximum Gasteiger partial charge on any atom is 0.0558 e. The summed E-state index contributed by atoms with van der Waals surface area (Å²) in [7, 11) is 0. The van der Waals surface area contributed by atoms with Crippen LogP contribution in [0.2, 0.25) is 0 Å². The third-order valence-corrected chi connectivity index (χ3v) is 4.50. The smallest absolute Gasteiger partial charge is 0.0558 e. The van der Waals surface area contributed by atoms with Gasteiger partial charge in [-0.2, -0.15) is 0 Å². The first-order valence-corrected chi connectivity index (χ1v) is 7.02. The molecule has 0 spiro atoms. The molecule has 18 heavy (non-hydrogen) atoms. The van der Waals surface area contributed by atoms with Gasteiger partial charge < -0.3 is 10.2 Å². The molecular formula is C15H23N3. The zero-order valence-corrected chi connectivity index (χ0v) is 11.6. The number of anilines is 1. The molecule has 2 unspecified atom stereocenters. The number of pyridine rings is 1. The summed E-state index contributed by atoms with van der Waals surface area (Å²) >= 11 is 0. The summed E-state index contributed by atoms with van der Waals surface area (Å²) in [5.74, 6) is 0.866. The lowest BCUT2D eigenvalue weighted by atomic mass is 9.91. The Kier molecular flexibility index (Phi) is 2.81. The van der Waals surface area contributed by atoms with Crippen LogP contribution in [0.1, 0.15) is 32.3 Å². The summed E-state index contributed by atoms with van der Waals surface area (Å²) in [6.07, 6.45) is 6.70. The molecule has 2 atom stereocenters. The van der Waals surface area contributed by atoms with E-state index in [0.717, 1.165) is 19.0 Å². The highest BCUT2D eigenvalue weighted by Crippen LogP contribution is 2.42. The van der Waals surface area contributed by atoms with Gasteiger partial charge in [-0.05, 0) is 51.2 Å². The Morgan fingerprint density at radius 2 is 2.17 bits per heavy atom. The summed E-state index contributed by atoms with van der Waals surface area (Å²) in [5.41, 5.74) is 2.80. The third kappa shape index (κ3) is 2.12. The number of hydrogen-bond acceptors (Lipinski definition) is 3. The zero-order valence-electron chi connectivity index (χ0n) is 11.6. The summed E-state index contributed by atoms with van der Waals surface area (Å²) in [6.45, 7) is 8.96. The number of aromatic nitrogens is 1. The maximum absolute atomic E-state index is 4.34. The average molecular weight is 245 g/mol. The summed E-state index contributed by atoms with van der Waals surface area (Å²) < 4.78 is 0. The molecule has 1 saturated carbocycles. The van der Waals surface area contributed by atoms with Gasteiger partial charge in [0.15, 0.2) is 0 Å². The van der Waals surface area contributed by atoms with Gasteiger partial charge in [0, 0.05) is 30.9 Å². The molecule has 2 aliphatic rings. The predicted molar refractivity (Wildman–Crippen MR) is 74.9 cm³/mol. The highest BCUT2D eigenvalue weighted by atomic mass is 15.3. The van der Waals surface area contributed by atoms with Crippen LogP contribution in [0.4, 0.5) is 5.69 Å². The Hall–Kier alpha value is -1.09. The van der Waals surface area contributed by atoms with Crippen molar-refractivity contribution in [1.82, 2.24) is 10.3 Å². The molecule has 2 fully saturated rings. The van der Waals surface area contributed by atoms with Crippen molar-refractivity contribution >= 4 is 5.69 Å². The molecule has 1 saturated heterocycles. The lowest BCUT2D eigenvalue weighted by Crippen LogP contribution is -2.63. The summed E-state index contributed by atoms with van der Waals surface area (Å²) in [4.78, 5) is 6.86.